The van der Waals surface area contributed by atoms with Gasteiger partial charge in [0.25, 0.3) is 0 Å². The third-order valence-electron chi connectivity index (χ3n) is 27.3. The van der Waals surface area contributed by atoms with Gasteiger partial charge in [0.2, 0.25) is 0 Å². The molecule has 7 N–H and O–H groups in total. The Morgan fingerprint density at radius 2 is 0.832 bits per heavy atom. The summed E-state index contributed by atoms with van der Waals surface area (Å²) in [6.07, 6.45) is 13.0. The Kier molecular flexibility index (Phi) is 45.0. The zero-order chi connectivity index (χ0) is 95.4. The van der Waals surface area contributed by atoms with E-state index in [1.54, 1.807) is 20.8 Å². The van der Waals surface area contributed by atoms with Crippen molar-refractivity contribution in [2.45, 2.75) is 343 Å². The highest BCUT2D eigenvalue weighted by molar-refractivity contribution is 7.48. The Morgan fingerprint density at radius 3 is 1.23 bits per heavy atom. The summed E-state index contributed by atoms with van der Waals surface area (Å²) >= 11 is 0. The minimum atomic E-state index is -4.02. The number of fused-ring (bicyclic) bond motifs is 6. The number of amides is 3. The van der Waals surface area contributed by atoms with E-state index in [0.29, 0.717) is 124 Å². The van der Waals surface area contributed by atoms with E-state index < -0.39 is 101 Å². The number of phosphoric acid groups is 2. The summed E-state index contributed by atoms with van der Waals surface area (Å²) in [7, 11) is 0.359. The van der Waals surface area contributed by atoms with E-state index in [1.807, 2.05) is 83.7 Å². The van der Waals surface area contributed by atoms with Gasteiger partial charge in [0.1, 0.15) is 54.9 Å². The number of unbranched alkanes of at least 4 members (excludes halogenated alkanes) is 5. The Hall–Kier alpha value is -4.99. The van der Waals surface area contributed by atoms with Gasteiger partial charge in [-0.1, -0.05) is 103 Å². The van der Waals surface area contributed by atoms with Crippen LogP contribution in [0.15, 0.2) is 0 Å². The number of alkyl carbamates (subject to hydrolysis) is 3. The number of rotatable bonds is 40. The van der Waals surface area contributed by atoms with E-state index in [0.717, 1.165) is 139 Å². The normalized spacial score (nSPS) is 31.9. The fourth-order valence-corrected chi connectivity index (χ4v) is 21.9. The lowest BCUT2D eigenvalue weighted by Gasteiger charge is -2.40. The van der Waals surface area contributed by atoms with Gasteiger partial charge in [-0.3, -0.25) is 41.2 Å². The maximum absolute atomic E-state index is 13.2. The van der Waals surface area contributed by atoms with Crippen LogP contribution in [0.25, 0.3) is 0 Å². The zero-order valence-corrected chi connectivity index (χ0v) is 83.9. The van der Waals surface area contributed by atoms with Crippen LogP contribution in [0.1, 0.15) is 241 Å². The number of aliphatic hydroxyl groups is 4. The smallest absolute Gasteiger partial charge is 0.449 e. The monoisotopic (exact) mass is 1900 g/mol. The third kappa shape index (κ3) is 33.1. The maximum Gasteiger partial charge on any atom is 0.475 e. The van der Waals surface area contributed by atoms with Crippen LogP contribution in [0.2, 0.25) is 0 Å². The van der Waals surface area contributed by atoms with E-state index in [9.17, 15) is 43.9 Å². The summed E-state index contributed by atoms with van der Waals surface area (Å²) in [6, 6.07) is 0. The number of aryl methyl sites for hydroxylation is 6. The second-order valence-electron chi connectivity index (χ2n) is 38.9. The zero-order valence-electron chi connectivity index (χ0n) is 82.1. The average Bonchev–Trinajstić information content (AvgIpc) is 1.62. The van der Waals surface area contributed by atoms with E-state index >= 15 is 0 Å². The summed E-state index contributed by atoms with van der Waals surface area (Å²) in [5.74, 6) is 6.03. The average molecular weight is 1900 g/mol. The van der Waals surface area contributed by atoms with Crippen molar-refractivity contribution in [1.82, 2.24) is 60.9 Å². The quantitative estimate of drug-likeness (QED) is 0.0158. The molecule has 4 saturated heterocycles. The minimum Gasteiger partial charge on any atom is -0.449 e. The number of nitrogens with one attached hydrogen (secondary N) is 3. The fourth-order valence-electron chi connectivity index (χ4n) is 19.6. The molecule has 4 aliphatic heterocycles. The van der Waals surface area contributed by atoms with Crippen LogP contribution in [0, 0.1) is 76.9 Å². The summed E-state index contributed by atoms with van der Waals surface area (Å²) in [6.45, 7) is 34.4. The van der Waals surface area contributed by atoms with Gasteiger partial charge in [-0.25, -0.2) is 23.5 Å². The van der Waals surface area contributed by atoms with E-state index in [2.05, 4.69) is 81.5 Å². The molecule has 0 radical (unpaired) electrons. The van der Waals surface area contributed by atoms with Gasteiger partial charge in [0.15, 0.2) is 0 Å². The molecule has 7 heterocycles. The molecule has 37 nitrogen and oxygen atoms in total. The van der Waals surface area contributed by atoms with Crippen LogP contribution in [0.3, 0.4) is 0 Å². The van der Waals surface area contributed by atoms with Crippen LogP contribution < -0.4 is 16.0 Å². The molecule has 131 heavy (non-hydrogen) atoms. The molecule has 7 fully saturated rings. The molecule has 19 unspecified atom stereocenters. The van der Waals surface area contributed by atoms with Gasteiger partial charge in [-0.2, -0.15) is 0 Å². The van der Waals surface area contributed by atoms with E-state index in [-0.39, 0.29) is 55.5 Å². The Morgan fingerprint density at radius 1 is 0.443 bits per heavy atom. The number of aromatic nitrogens is 9. The molecule has 13 rings (SSSR count). The first-order valence-corrected chi connectivity index (χ1v) is 51.9. The number of carbonyl (C=O) groups excluding carboxylic acids is 3. The fraction of sp³-hybridized carbons (Fsp3) is 0.902. The number of nitrogens with zero attached hydrogens (tertiary/aromatic N) is 9. The van der Waals surface area contributed by atoms with Crippen molar-refractivity contribution >= 4 is 33.9 Å². The first kappa shape index (κ1) is 110. The topological polar surface area (TPSA) is 442 Å². The van der Waals surface area contributed by atoms with Gasteiger partial charge in [0, 0.05) is 73.4 Å². The number of phosphoric ester groups is 2. The highest BCUT2D eigenvalue weighted by Crippen LogP contribution is 2.57. The lowest BCUT2D eigenvalue weighted by atomic mass is 9.86. The van der Waals surface area contributed by atoms with Gasteiger partial charge >= 0.3 is 33.9 Å². The second-order valence-corrected chi connectivity index (χ2v) is 42.4. The molecule has 3 aromatic heterocycles. The first-order valence-electron chi connectivity index (χ1n) is 49.0. The molecule has 6 aliphatic carbocycles. The van der Waals surface area contributed by atoms with E-state index in [4.69, 9.17) is 74.5 Å². The Labute approximate surface area is 778 Å². The summed E-state index contributed by atoms with van der Waals surface area (Å²) in [5, 5.41) is 75.6. The molecule has 3 amide bonds. The van der Waals surface area contributed by atoms with Crippen molar-refractivity contribution in [2.24, 2.45) is 98.1 Å². The van der Waals surface area contributed by atoms with Crippen LogP contribution in [-0.2, 0) is 143 Å². The molecule has 3 aromatic rings. The summed E-state index contributed by atoms with van der Waals surface area (Å²) in [4.78, 5) is 35.2. The maximum atomic E-state index is 13.2. The van der Waals surface area contributed by atoms with Crippen LogP contribution in [0.5, 0.6) is 0 Å². The molecule has 27 atom stereocenters. The molecular formula is C92H164N12O25P2. The molecule has 39 heteroatoms. The van der Waals surface area contributed by atoms with Crippen LogP contribution in [-0.4, -0.2) is 275 Å². The molecule has 0 aromatic carbocycles. The molecule has 0 bridgehead atoms. The van der Waals surface area contributed by atoms with Crippen molar-refractivity contribution < 1.29 is 118 Å². The van der Waals surface area contributed by atoms with Crippen molar-refractivity contribution in [3.05, 3.63) is 34.2 Å². The lowest BCUT2D eigenvalue weighted by molar-refractivity contribution is -0.162. The highest BCUT2D eigenvalue weighted by Gasteiger charge is 2.55. The molecule has 0 spiro atoms. The van der Waals surface area contributed by atoms with Crippen LogP contribution >= 0.6 is 15.6 Å². The largest absolute Gasteiger partial charge is 0.475 e. The number of ether oxygens (including phenoxy) is 10. The van der Waals surface area contributed by atoms with Crippen molar-refractivity contribution in [3.8, 4) is 0 Å². The van der Waals surface area contributed by atoms with Gasteiger partial charge in [-0.05, 0) is 223 Å². The molecule has 752 valence electrons. The predicted octanol–water partition coefficient (Wildman–Crippen LogP) is 12.1. The number of hydrogen-bond acceptors (Lipinski definition) is 31. The third-order valence-corrected chi connectivity index (χ3v) is 30.1. The number of hydrogen-bond donors (Lipinski definition) is 7. The van der Waals surface area contributed by atoms with E-state index in [1.165, 1.54) is 57.0 Å². The standard InChI is InChI=1S/2C20H39O9P.C19H32N4O2.C17H28N4O3.C16H26N4O2/c1-11(2)8-15-9-25-13(5)17(21)19(15)29-30(23,24-7)26-10-16-20(27-12(3)4)18(22)14(6)28-16;1-11(2)8-15-20(17(21)13(5)9-25-15)29-30(23,24-7)26-10-16-19(27-12(3)4)18(22)14(6)28-16;1-3-4-5-6-7-12-20-19(24)25-13-16-14-8-10-17-18(11-9-15(14)16)23(2)22-21-17;1-3-9-23-10-8-18-17(22)24-11-14-12-4-6-15-16(7-5-13(12)14)21(2)20-19-15;1-3-4-9-17-16(21)22-10-13-11-5-7-14-15(8-6-12(11)13)20(2)19-18-14/h2*11-22H,8-10H2,1-7H3;14-16H,3-13H2,1-2H3,(H,20,24);12-14H,3-11H2,1-2H3,(H,18,22);11-13H,3-10H2,1-2H3,(H,17,21)/t13-,14-,15-,16+,17?,18?,19?,20?,30?;13-,14+,15-,16-,17?,18?,19?,20?,30?;;;/m01.../s1. The minimum absolute atomic E-state index is 0.123. The van der Waals surface area contributed by atoms with Crippen LogP contribution in [0.4, 0.5) is 14.4 Å². The summed E-state index contributed by atoms with van der Waals surface area (Å²) < 4.78 is 121. The molecule has 10 aliphatic rings. The number of aliphatic hydroxyl groups excluding tert-OH is 4. The second kappa shape index (κ2) is 53.8. The van der Waals surface area contributed by atoms with Crippen molar-refractivity contribution in [1.29, 1.82) is 0 Å². The SMILES string of the molecule is CCCCCCCNC(=O)OCC1C2CCc3nnn(C)c3CCC21.CCCCNC(=O)OCC1C2CCc3nnn(C)c3CCC21.CCCOCCNC(=O)OCC1C2CCc3nnn(C)c3CCC21.COP(=O)(OC[C@H]1O[C@@H](C)C(O)C1OC(C)C)OC1C(O)[C@H](C)CO[C@@H]1CC(C)C.COP(=O)(OC[C@H]1O[C@@H](C)C(O)C1OC(C)C)OC1C(O)[C@H](C)OC[C@@H]1CC(C)C. The molecule has 3 saturated carbocycles. The first-order chi connectivity index (χ1) is 62.5. The Bertz CT molecular complexity index is 3860. The van der Waals surface area contributed by atoms with Crippen molar-refractivity contribution in [3.63, 3.8) is 0 Å². The molecular weight excluding hydrogens is 1740 g/mol. The predicted molar refractivity (Wildman–Crippen MR) is 487 cm³/mol. The lowest BCUT2D eigenvalue weighted by Crippen LogP contribution is -2.50. The van der Waals surface area contributed by atoms with Crippen molar-refractivity contribution in [2.75, 3.05) is 93.3 Å². The van der Waals surface area contributed by atoms with Gasteiger partial charge in [0.05, 0.1) is 130 Å². The van der Waals surface area contributed by atoms with Gasteiger partial charge in [-0.15, -0.1) is 15.3 Å². The van der Waals surface area contributed by atoms with Gasteiger partial charge < -0.3 is 83.7 Å². The number of carbonyl (C=O) groups is 3. The highest BCUT2D eigenvalue weighted by atomic mass is 31.2. The summed E-state index contributed by atoms with van der Waals surface area (Å²) in [5.41, 5.74) is 7.29. The Balaban J connectivity index is 0.000000185.